The van der Waals surface area contributed by atoms with Gasteiger partial charge in [-0.3, -0.25) is 19.7 Å². The van der Waals surface area contributed by atoms with Crippen LogP contribution in [0.4, 0.5) is 0 Å². The average Bonchev–Trinajstić information content (AvgIpc) is 2.56. The van der Waals surface area contributed by atoms with Crippen LogP contribution in [0, 0.1) is 6.92 Å². The summed E-state index contributed by atoms with van der Waals surface area (Å²) in [6.07, 6.45) is 4.76. The highest BCUT2D eigenvalue weighted by molar-refractivity contribution is 5.78. The van der Waals surface area contributed by atoms with Crippen molar-refractivity contribution in [2.45, 2.75) is 19.5 Å². The molecule has 2 aromatic rings. The first-order chi connectivity index (χ1) is 11.5. The monoisotopic (exact) mass is 331 g/mol. The number of carboxylic acid groups (broad SMARTS) is 1. The second-order valence-corrected chi connectivity index (χ2v) is 5.44. The van der Waals surface area contributed by atoms with E-state index in [2.05, 4.69) is 9.97 Å². The lowest BCUT2D eigenvalue weighted by atomic mass is 10.0. The number of carboxylic acids is 1. The Labute approximate surface area is 140 Å². The third-order valence-electron chi connectivity index (χ3n) is 3.66. The highest BCUT2D eigenvalue weighted by Crippen LogP contribution is 2.38. The molecule has 2 rings (SSSR count). The Kier molecular flexibility index (Phi) is 5.70. The molecular weight excluding hydrogens is 310 g/mol. The molecule has 128 valence electrons. The SMILES string of the molecule is COc1cc(C)cc(OC)c1C(C(=O)O)N(C)Cc1cnccn1. The maximum absolute atomic E-state index is 12.0. The van der Waals surface area contributed by atoms with E-state index in [9.17, 15) is 9.90 Å². The third-order valence-corrected chi connectivity index (χ3v) is 3.66. The third kappa shape index (κ3) is 3.80. The number of aliphatic carboxylic acids is 1. The van der Waals surface area contributed by atoms with Gasteiger partial charge in [0.15, 0.2) is 0 Å². The molecule has 0 radical (unpaired) electrons. The van der Waals surface area contributed by atoms with Crippen LogP contribution >= 0.6 is 0 Å². The quantitative estimate of drug-likeness (QED) is 0.831. The van der Waals surface area contributed by atoms with Crippen molar-refractivity contribution in [3.05, 3.63) is 47.5 Å². The fraction of sp³-hybridized carbons (Fsp3) is 0.353. The lowest BCUT2D eigenvalue weighted by Gasteiger charge is -2.27. The van der Waals surface area contributed by atoms with Crippen LogP contribution < -0.4 is 9.47 Å². The second kappa shape index (κ2) is 7.74. The number of hydrogen-bond acceptors (Lipinski definition) is 6. The van der Waals surface area contributed by atoms with Crippen LogP contribution in [0.1, 0.15) is 22.9 Å². The minimum absolute atomic E-state index is 0.324. The van der Waals surface area contributed by atoms with E-state index in [1.807, 2.05) is 6.92 Å². The van der Waals surface area contributed by atoms with Crippen LogP contribution in [0.15, 0.2) is 30.7 Å². The summed E-state index contributed by atoms with van der Waals surface area (Å²) >= 11 is 0. The van der Waals surface area contributed by atoms with Crippen LogP contribution in [0.3, 0.4) is 0 Å². The van der Waals surface area contributed by atoms with Gasteiger partial charge in [-0.1, -0.05) is 0 Å². The molecule has 0 bridgehead atoms. The predicted molar refractivity (Wildman–Crippen MR) is 88.2 cm³/mol. The van der Waals surface area contributed by atoms with Gasteiger partial charge in [-0.05, 0) is 31.7 Å². The van der Waals surface area contributed by atoms with E-state index in [4.69, 9.17) is 9.47 Å². The molecule has 24 heavy (non-hydrogen) atoms. The van der Waals surface area contributed by atoms with Crippen molar-refractivity contribution >= 4 is 5.97 Å². The van der Waals surface area contributed by atoms with E-state index >= 15 is 0 Å². The Hall–Kier alpha value is -2.67. The topological polar surface area (TPSA) is 84.8 Å². The number of likely N-dealkylation sites (N-methyl/N-ethyl adjacent to an activating group) is 1. The molecule has 0 fully saturated rings. The van der Waals surface area contributed by atoms with Crippen LogP contribution in [0.25, 0.3) is 0 Å². The zero-order valence-corrected chi connectivity index (χ0v) is 14.2. The summed E-state index contributed by atoms with van der Waals surface area (Å²) in [4.78, 5) is 21.8. The van der Waals surface area contributed by atoms with Crippen molar-refractivity contribution in [2.75, 3.05) is 21.3 Å². The van der Waals surface area contributed by atoms with Crippen molar-refractivity contribution < 1.29 is 19.4 Å². The van der Waals surface area contributed by atoms with E-state index in [1.54, 1.807) is 42.7 Å². The van der Waals surface area contributed by atoms with Gasteiger partial charge in [0.2, 0.25) is 0 Å². The first kappa shape index (κ1) is 17.7. The highest BCUT2D eigenvalue weighted by atomic mass is 16.5. The summed E-state index contributed by atoms with van der Waals surface area (Å²) in [5, 5.41) is 9.80. The summed E-state index contributed by atoms with van der Waals surface area (Å²) in [6.45, 7) is 2.22. The smallest absolute Gasteiger partial charge is 0.325 e. The van der Waals surface area contributed by atoms with E-state index in [-0.39, 0.29) is 0 Å². The molecule has 0 aliphatic heterocycles. The number of carbonyl (C=O) groups is 1. The molecule has 7 heteroatoms. The molecule has 0 aliphatic carbocycles. The van der Waals surface area contributed by atoms with Crippen LogP contribution in [0.2, 0.25) is 0 Å². The zero-order chi connectivity index (χ0) is 17.7. The van der Waals surface area contributed by atoms with Gasteiger partial charge in [-0.2, -0.15) is 0 Å². The van der Waals surface area contributed by atoms with Gasteiger partial charge >= 0.3 is 5.97 Å². The van der Waals surface area contributed by atoms with E-state index in [0.29, 0.717) is 29.3 Å². The van der Waals surface area contributed by atoms with Crippen molar-refractivity contribution in [1.29, 1.82) is 0 Å². The summed E-state index contributed by atoms with van der Waals surface area (Å²) in [5.41, 5.74) is 2.08. The fourth-order valence-electron chi connectivity index (χ4n) is 2.63. The minimum atomic E-state index is -0.998. The van der Waals surface area contributed by atoms with E-state index in [1.165, 1.54) is 14.2 Å². The molecule has 0 saturated heterocycles. The molecular formula is C17H21N3O4. The molecule has 1 aromatic heterocycles. The Bertz CT molecular complexity index is 681. The Morgan fingerprint density at radius 3 is 2.33 bits per heavy atom. The molecule has 0 spiro atoms. The van der Waals surface area contributed by atoms with Crippen LogP contribution in [-0.4, -0.2) is 47.2 Å². The van der Waals surface area contributed by atoms with Gasteiger partial charge in [0.25, 0.3) is 0 Å². The number of methoxy groups -OCH3 is 2. The van der Waals surface area contributed by atoms with Crippen LogP contribution in [0.5, 0.6) is 11.5 Å². The molecule has 0 saturated carbocycles. The Morgan fingerprint density at radius 1 is 1.25 bits per heavy atom. The van der Waals surface area contributed by atoms with E-state index in [0.717, 1.165) is 5.56 Å². The minimum Gasteiger partial charge on any atom is -0.496 e. The van der Waals surface area contributed by atoms with Crippen molar-refractivity contribution in [3.8, 4) is 11.5 Å². The van der Waals surface area contributed by atoms with Gasteiger partial charge < -0.3 is 14.6 Å². The summed E-state index contributed by atoms with van der Waals surface area (Å²) in [5.74, 6) is -0.0441. The number of aromatic nitrogens is 2. The molecule has 1 atom stereocenters. The number of ether oxygens (including phenoxy) is 2. The van der Waals surface area contributed by atoms with E-state index < -0.39 is 12.0 Å². The molecule has 1 N–H and O–H groups in total. The normalized spacial score (nSPS) is 12.0. The molecule has 1 unspecified atom stereocenters. The first-order valence-electron chi connectivity index (χ1n) is 7.38. The van der Waals surface area contributed by atoms with Crippen molar-refractivity contribution in [2.24, 2.45) is 0 Å². The maximum Gasteiger partial charge on any atom is 0.325 e. The fourth-order valence-corrected chi connectivity index (χ4v) is 2.63. The summed E-state index contributed by atoms with van der Waals surface area (Å²) in [6, 6.07) is 2.64. The molecule has 0 aliphatic rings. The number of aryl methyl sites for hydroxylation is 1. The van der Waals surface area contributed by atoms with Gasteiger partial charge in [-0.15, -0.1) is 0 Å². The standard InChI is InChI=1S/C17H21N3O4/c1-11-7-13(23-3)15(14(8-11)24-4)16(17(21)22)20(2)10-12-9-18-5-6-19-12/h5-9,16H,10H2,1-4H3,(H,21,22). The van der Waals surface area contributed by atoms with Crippen LogP contribution in [-0.2, 0) is 11.3 Å². The lowest BCUT2D eigenvalue weighted by Crippen LogP contribution is -2.31. The number of rotatable bonds is 7. The largest absolute Gasteiger partial charge is 0.496 e. The second-order valence-electron chi connectivity index (χ2n) is 5.44. The van der Waals surface area contributed by atoms with Crippen molar-refractivity contribution in [1.82, 2.24) is 14.9 Å². The highest BCUT2D eigenvalue weighted by Gasteiger charge is 2.31. The number of nitrogens with zero attached hydrogens (tertiary/aromatic N) is 3. The van der Waals surface area contributed by atoms with Crippen molar-refractivity contribution in [3.63, 3.8) is 0 Å². The van der Waals surface area contributed by atoms with Gasteiger partial charge in [-0.25, -0.2) is 0 Å². The Balaban J connectivity index is 2.46. The first-order valence-corrected chi connectivity index (χ1v) is 7.38. The maximum atomic E-state index is 12.0. The Morgan fingerprint density at radius 2 is 1.88 bits per heavy atom. The van der Waals surface area contributed by atoms with Gasteiger partial charge in [0, 0.05) is 25.1 Å². The number of hydrogen-bond donors (Lipinski definition) is 1. The number of benzene rings is 1. The molecule has 1 heterocycles. The summed E-state index contributed by atoms with van der Waals surface area (Å²) in [7, 11) is 4.74. The zero-order valence-electron chi connectivity index (χ0n) is 14.2. The molecule has 1 aromatic carbocycles. The summed E-state index contributed by atoms with van der Waals surface area (Å²) < 4.78 is 10.8. The lowest BCUT2D eigenvalue weighted by molar-refractivity contribution is -0.143. The molecule has 0 amide bonds. The van der Waals surface area contributed by atoms with Gasteiger partial charge in [0.05, 0.1) is 25.5 Å². The average molecular weight is 331 g/mol. The van der Waals surface area contributed by atoms with Gasteiger partial charge in [0.1, 0.15) is 17.5 Å². The molecule has 7 nitrogen and oxygen atoms in total. The predicted octanol–water partition coefficient (Wildman–Crippen LogP) is 2.06.